The summed E-state index contributed by atoms with van der Waals surface area (Å²) >= 11 is 0. The molecule has 1 N–H and O–H groups in total. The molecular formula is C16H25N3O. The van der Waals surface area contributed by atoms with Crippen molar-refractivity contribution in [2.75, 3.05) is 13.7 Å². The van der Waals surface area contributed by atoms with E-state index in [-0.39, 0.29) is 5.60 Å². The Morgan fingerprint density at radius 1 is 1.30 bits per heavy atom. The van der Waals surface area contributed by atoms with E-state index in [1.807, 2.05) is 13.2 Å². The fourth-order valence-corrected chi connectivity index (χ4v) is 4.05. The molecule has 20 heavy (non-hydrogen) atoms. The van der Waals surface area contributed by atoms with Gasteiger partial charge in [-0.15, -0.1) is 0 Å². The first-order chi connectivity index (χ1) is 9.83. The van der Waals surface area contributed by atoms with E-state index in [9.17, 15) is 0 Å². The van der Waals surface area contributed by atoms with Gasteiger partial charge in [0, 0.05) is 18.8 Å². The number of hydrogen-bond acceptors (Lipinski definition) is 4. The molecule has 1 aromatic rings. The lowest BCUT2D eigenvalue weighted by Gasteiger charge is -2.45. The van der Waals surface area contributed by atoms with Crippen molar-refractivity contribution in [1.29, 1.82) is 0 Å². The number of ether oxygens (including phenoxy) is 1. The average Bonchev–Trinajstić information content (AvgIpc) is 2.50. The minimum Gasteiger partial charge on any atom is -0.375 e. The standard InChI is InChI=1S/C16H25N3O/c1-17-15(14-5-9-18-19-12-14)13-6-10-20-16(11-13)7-3-2-4-8-16/h5,9,12-13,15,17H,2-4,6-8,10-11H2,1H3. The van der Waals surface area contributed by atoms with E-state index in [0.717, 1.165) is 13.0 Å². The smallest absolute Gasteiger partial charge is 0.0686 e. The van der Waals surface area contributed by atoms with Gasteiger partial charge in [-0.2, -0.15) is 10.2 Å². The number of nitrogens with zero attached hydrogens (tertiary/aromatic N) is 2. The quantitative estimate of drug-likeness (QED) is 0.921. The molecule has 2 atom stereocenters. The van der Waals surface area contributed by atoms with Crippen LogP contribution in [0.15, 0.2) is 18.5 Å². The van der Waals surface area contributed by atoms with Gasteiger partial charge >= 0.3 is 0 Å². The lowest BCUT2D eigenvalue weighted by molar-refractivity contribution is -0.121. The Bertz CT molecular complexity index is 411. The van der Waals surface area contributed by atoms with Crippen LogP contribution in [0.1, 0.15) is 56.6 Å². The highest BCUT2D eigenvalue weighted by molar-refractivity contribution is 5.13. The zero-order valence-corrected chi connectivity index (χ0v) is 12.3. The van der Waals surface area contributed by atoms with Crippen molar-refractivity contribution < 1.29 is 4.74 Å². The van der Waals surface area contributed by atoms with Gasteiger partial charge in [0.1, 0.15) is 0 Å². The Kier molecular flexibility index (Phi) is 4.32. The first kappa shape index (κ1) is 14.0. The van der Waals surface area contributed by atoms with Crippen LogP contribution in [0.5, 0.6) is 0 Å². The van der Waals surface area contributed by atoms with Crippen LogP contribution < -0.4 is 5.32 Å². The van der Waals surface area contributed by atoms with Gasteiger partial charge in [-0.25, -0.2) is 0 Å². The number of rotatable bonds is 3. The molecule has 0 bridgehead atoms. The fraction of sp³-hybridized carbons (Fsp3) is 0.750. The summed E-state index contributed by atoms with van der Waals surface area (Å²) < 4.78 is 6.21. The second-order valence-corrected chi connectivity index (χ2v) is 6.29. The Morgan fingerprint density at radius 3 is 2.85 bits per heavy atom. The molecular weight excluding hydrogens is 250 g/mol. The predicted molar refractivity (Wildman–Crippen MR) is 78.3 cm³/mol. The van der Waals surface area contributed by atoms with Crippen LogP contribution in [0.25, 0.3) is 0 Å². The van der Waals surface area contributed by atoms with Crippen molar-refractivity contribution >= 4 is 0 Å². The molecule has 2 fully saturated rings. The van der Waals surface area contributed by atoms with Crippen LogP contribution in [0, 0.1) is 5.92 Å². The van der Waals surface area contributed by atoms with Gasteiger partial charge in [0.2, 0.25) is 0 Å². The van der Waals surface area contributed by atoms with Crippen molar-refractivity contribution in [3.05, 3.63) is 24.0 Å². The minimum absolute atomic E-state index is 0.163. The number of hydrogen-bond donors (Lipinski definition) is 1. The van der Waals surface area contributed by atoms with E-state index >= 15 is 0 Å². The van der Waals surface area contributed by atoms with Gasteiger partial charge in [0.25, 0.3) is 0 Å². The minimum atomic E-state index is 0.163. The Hall–Kier alpha value is -1.00. The highest BCUT2D eigenvalue weighted by atomic mass is 16.5. The van der Waals surface area contributed by atoms with E-state index in [1.54, 1.807) is 6.20 Å². The summed E-state index contributed by atoms with van der Waals surface area (Å²) in [6.07, 6.45) is 12.5. The van der Waals surface area contributed by atoms with Gasteiger partial charge in [-0.1, -0.05) is 19.3 Å². The van der Waals surface area contributed by atoms with Crippen LogP contribution in [0.4, 0.5) is 0 Å². The van der Waals surface area contributed by atoms with Gasteiger partial charge < -0.3 is 10.1 Å². The molecule has 2 aliphatic rings. The van der Waals surface area contributed by atoms with Crippen molar-refractivity contribution in [3.8, 4) is 0 Å². The first-order valence-electron chi connectivity index (χ1n) is 7.91. The third-order valence-corrected chi connectivity index (χ3v) is 5.04. The van der Waals surface area contributed by atoms with E-state index in [4.69, 9.17) is 4.74 Å². The molecule has 4 nitrogen and oxygen atoms in total. The molecule has 0 radical (unpaired) electrons. The van der Waals surface area contributed by atoms with E-state index in [0.29, 0.717) is 12.0 Å². The van der Waals surface area contributed by atoms with Crippen molar-refractivity contribution in [1.82, 2.24) is 15.5 Å². The average molecular weight is 275 g/mol. The summed E-state index contributed by atoms with van der Waals surface area (Å²) in [7, 11) is 2.05. The summed E-state index contributed by atoms with van der Waals surface area (Å²) in [5, 5.41) is 11.4. The SMILES string of the molecule is CNC(c1ccnnc1)C1CCOC2(CCCCC2)C1. The van der Waals surface area contributed by atoms with Crippen molar-refractivity contribution in [2.45, 2.75) is 56.6 Å². The second kappa shape index (κ2) is 6.19. The van der Waals surface area contributed by atoms with Crippen molar-refractivity contribution in [3.63, 3.8) is 0 Å². The molecule has 1 spiro atoms. The van der Waals surface area contributed by atoms with Crippen LogP contribution in [0.2, 0.25) is 0 Å². The molecule has 1 aliphatic carbocycles. The molecule has 1 aromatic heterocycles. The molecule has 1 aliphatic heterocycles. The highest BCUT2D eigenvalue weighted by Gasteiger charge is 2.40. The van der Waals surface area contributed by atoms with Crippen molar-refractivity contribution in [2.24, 2.45) is 5.92 Å². The molecule has 0 amide bonds. The summed E-state index contributed by atoms with van der Waals surface area (Å²) in [5.74, 6) is 0.635. The normalized spacial score (nSPS) is 27.4. The van der Waals surface area contributed by atoms with Crippen LogP contribution in [-0.4, -0.2) is 29.5 Å². The van der Waals surface area contributed by atoms with Gasteiger partial charge in [0.05, 0.1) is 11.8 Å². The number of aromatic nitrogens is 2. The van der Waals surface area contributed by atoms with Crippen LogP contribution >= 0.6 is 0 Å². The molecule has 1 saturated carbocycles. The molecule has 2 unspecified atom stereocenters. The second-order valence-electron chi connectivity index (χ2n) is 6.29. The zero-order chi connectivity index (χ0) is 13.8. The Morgan fingerprint density at radius 2 is 2.15 bits per heavy atom. The molecule has 1 saturated heterocycles. The zero-order valence-electron chi connectivity index (χ0n) is 12.3. The topological polar surface area (TPSA) is 47.0 Å². The lowest BCUT2D eigenvalue weighted by Crippen LogP contribution is -2.44. The molecule has 2 heterocycles. The lowest BCUT2D eigenvalue weighted by atomic mass is 9.73. The molecule has 0 aromatic carbocycles. The third kappa shape index (κ3) is 2.86. The Labute approximate surface area is 121 Å². The molecule has 3 rings (SSSR count). The maximum atomic E-state index is 6.21. The van der Waals surface area contributed by atoms with E-state index in [2.05, 4.69) is 21.6 Å². The maximum absolute atomic E-state index is 6.21. The molecule has 110 valence electrons. The highest BCUT2D eigenvalue weighted by Crippen LogP contribution is 2.44. The largest absolute Gasteiger partial charge is 0.375 e. The van der Waals surface area contributed by atoms with E-state index < -0.39 is 0 Å². The monoisotopic (exact) mass is 275 g/mol. The number of nitrogens with one attached hydrogen (secondary N) is 1. The summed E-state index contributed by atoms with van der Waals surface area (Å²) in [4.78, 5) is 0. The summed E-state index contributed by atoms with van der Waals surface area (Å²) in [6, 6.07) is 2.45. The predicted octanol–water partition coefficient (Wildman–Crippen LogP) is 2.87. The first-order valence-corrected chi connectivity index (χ1v) is 7.91. The fourth-order valence-electron chi connectivity index (χ4n) is 4.05. The van der Waals surface area contributed by atoms with Crippen LogP contribution in [-0.2, 0) is 4.74 Å². The Balaban J connectivity index is 1.75. The van der Waals surface area contributed by atoms with Gasteiger partial charge in [-0.3, -0.25) is 0 Å². The van der Waals surface area contributed by atoms with Crippen LogP contribution in [0.3, 0.4) is 0 Å². The summed E-state index contributed by atoms with van der Waals surface area (Å²) in [5.41, 5.74) is 1.41. The van der Waals surface area contributed by atoms with Gasteiger partial charge in [0.15, 0.2) is 0 Å². The van der Waals surface area contributed by atoms with Gasteiger partial charge in [-0.05, 0) is 50.3 Å². The van der Waals surface area contributed by atoms with E-state index in [1.165, 1.54) is 44.1 Å². The molecule has 4 heteroatoms. The summed E-state index contributed by atoms with van der Waals surface area (Å²) in [6.45, 7) is 0.904. The maximum Gasteiger partial charge on any atom is 0.0686 e. The third-order valence-electron chi connectivity index (χ3n) is 5.04.